The van der Waals surface area contributed by atoms with Crippen LogP contribution in [0.5, 0.6) is 0 Å². The van der Waals surface area contributed by atoms with E-state index in [0.29, 0.717) is 6.61 Å². The molecule has 0 aliphatic carbocycles. The van der Waals surface area contributed by atoms with Gasteiger partial charge in [-0.1, -0.05) is 28.1 Å². The van der Waals surface area contributed by atoms with Gasteiger partial charge in [0.25, 0.3) is 0 Å². The molecule has 0 atom stereocenters. The molecular weight excluding hydrogens is 254 g/mol. The van der Waals surface area contributed by atoms with E-state index in [1.165, 1.54) is 5.56 Å². The van der Waals surface area contributed by atoms with Crippen LogP contribution in [0.1, 0.15) is 24.8 Å². The lowest BCUT2D eigenvalue weighted by Gasteiger charge is -2.04. The maximum atomic E-state index is 8.61. The molecule has 0 fully saturated rings. The number of rotatable bonds is 7. The van der Waals surface area contributed by atoms with E-state index in [4.69, 9.17) is 5.11 Å². The van der Waals surface area contributed by atoms with Gasteiger partial charge >= 0.3 is 0 Å². The zero-order valence-corrected chi connectivity index (χ0v) is 10.5. The van der Waals surface area contributed by atoms with Gasteiger partial charge in [-0.25, -0.2) is 0 Å². The van der Waals surface area contributed by atoms with E-state index in [2.05, 4.69) is 33.4 Å². The first-order valence-electron chi connectivity index (χ1n) is 5.39. The molecule has 0 saturated heterocycles. The Morgan fingerprint density at radius 3 is 2.80 bits per heavy atom. The summed E-state index contributed by atoms with van der Waals surface area (Å²) in [4.78, 5) is 0. The summed E-state index contributed by atoms with van der Waals surface area (Å²) in [5.41, 5.74) is 1.30. The molecule has 0 aromatic heterocycles. The fraction of sp³-hybridized carbons (Fsp3) is 0.500. The molecular formula is C12H18BrNO. The van der Waals surface area contributed by atoms with E-state index in [1.807, 2.05) is 12.1 Å². The van der Waals surface area contributed by atoms with Crippen LogP contribution in [-0.2, 0) is 6.54 Å². The number of hydrogen-bond acceptors (Lipinski definition) is 2. The Bertz CT molecular complexity index is 278. The van der Waals surface area contributed by atoms with Crippen LogP contribution in [0.15, 0.2) is 28.7 Å². The largest absolute Gasteiger partial charge is 0.396 e. The highest BCUT2D eigenvalue weighted by molar-refractivity contribution is 9.10. The van der Waals surface area contributed by atoms with E-state index in [9.17, 15) is 0 Å². The molecule has 15 heavy (non-hydrogen) atoms. The summed E-state index contributed by atoms with van der Waals surface area (Å²) in [7, 11) is 0. The maximum Gasteiger partial charge on any atom is 0.0431 e. The van der Waals surface area contributed by atoms with Crippen molar-refractivity contribution in [1.29, 1.82) is 0 Å². The van der Waals surface area contributed by atoms with Crippen LogP contribution in [0.25, 0.3) is 0 Å². The average Bonchev–Trinajstić information content (AvgIpc) is 2.23. The van der Waals surface area contributed by atoms with Gasteiger partial charge in [0, 0.05) is 17.6 Å². The monoisotopic (exact) mass is 271 g/mol. The van der Waals surface area contributed by atoms with E-state index < -0.39 is 0 Å². The molecule has 0 amide bonds. The van der Waals surface area contributed by atoms with Crippen LogP contribution in [0.2, 0.25) is 0 Å². The molecule has 3 heteroatoms. The van der Waals surface area contributed by atoms with Crippen molar-refractivity contribution in [3.05, 3.63) is 34.3 Å². The van der Waals surface area contributed by atoms with Crippen molar-refractivity contribution in [2.45, 2.75) is 25.8 Å². The fourth-order valence-electron chi connectivity index (χ4n) is 1.42. The fourth-order valence-corrected chi connectivity index (χ4v) is 1.86. The van der Waals surface area contributed by atoms with Gasteiger partial charge in [0.2, 0.25) is 0 Å². The van der Waals surface area contributed by atoms with Crippen molar-refractivity contribution in [3.8, 4) is 0 Å². The third-order valence-electron chi connectivity index (χ3n) is 2.23. The summed E-state index contributed by atoms with van der Waals surface area (Å²) >= 11 is 3.45. The van der Waals surface area contributed by atoms with Gasteiger partial charge < -0.3 is 10.4 Å². The van der Waals surface area contributed by atoms with Crippen molar-refractivity contribution in [2.75, 3.05) is 13.2 Å². The van der Waals surface area contributed by atoms with Gasteiger partial charge in [-0.05, 0) is 43.5 Å². The Balaban J connectivity index is 2.10. The van der Waals surface area contributed by atoms with Gasteiger partial charge in [-0.3, -0.25) is 0 Å². The molecule has 0 spiro atoms. The first-order chi connectivity index (χ1) is 7.33. The molecule has 1 aromatic carbocycles. The van der Waals surface area contributed by atoms with Crippen molar-refractivity contribution in [1.82, 2.24) is 5.32 Å². The molecule has 0 aliphatic heterocycles. The number of halogens is 1. The number of unbranched alkanes of at least 4 members (excludes halogenated alkanes) is 2. The van der Waals surface area contributed by atoms with E-state index in [1.54, 1.807) is 0 Å². The quantitative estimate of drug-likeness (QED) is 0.748. The van der Waals surface area contributed by atoms with Crippen LogP contribution in [0.3, 0.4) is 0 Å². The minimum atomic E-state index is 0.311. The Morgan fingerprint density at radius 1 is 1.20 bits per heavy atom. The lowest BCUT2D eigenvalue weighted by atomic mass is 10.2. The van der Waals surface area contributed by atoms with Crippen LogP contribution in [0.4, 0.5) is 0 Å². The lowest BCUT2D eigenvalue weighted by molar-refractivity contribution is 0.283. The zero-order valence-electron chi connectivity index (χ0n) is 8.88. The summed E-state index contributed by atoms with van der Waals surface area (Å²) in [5.74, 6) is 0. The Labute approximate surface area is 99.8 Å². The number of aliphatic hydroxyl groups is 1. The zero-order chi connectivity index (χ0) is 10.9. The van der Waals surface area contributed by atoms with E-state index in [-0.39, 0.29) is 0 Å². The Hall–Kier alpha value is -0.380. The summed E-state index contributed by atoms with van der Waals surface area (Å²) in [6, 6.07) is 8.32. The summed E-state index contributed by atoms with van der Waals surface area (Å²) in [6.07, 6.45) is 3.15. The highest BCUT2D eigenvalue weighted by atomic mass is 79.9. The topological polar surface area (TPSA) is 32.3 Å². The van der Waals surface area contributed by atoms with Crippen LogP contribution in [0, 0.1) is 0 Å². The average molecular weight is 272 g/mol. The van der Waals surface area contributed by atoms with Crippen LogP contribution in [-0.4, -0.2) is 18.3 Å². The van der Waals surface area contributed by atoms with Crippen molar-refractivity contribution < 1.29 is 5.11 Å². The molecule has 84 valence electrons. The number of nitrogens with one attached hydrogen (secondary N) is 1. The summed E-state index contributed by atoms with van der Waals surface area (Å²) in [5, 5.41) is 12.0. The molecule has 0 bridgehead atoms. The second-order valence-electron chi connectivity index (χ2n) is 3.59. The van der Waals surface area contributed by atoms with Crippen molar-refractivity contribution >= 4 is 15.9 Å². The van der Waals surface area contributed by atoms with E-state index in [0.717, 1.165) is 36.8 Å². The molecule has 0 saturated carbocycles. The smallest absolute Gasteiger partial charge is 0.0431 e. The standard InChI is InChI=1S/C12H18BrNO/c13-12-6-4-5-11(9-12)10-14-7-2-1-3-8-15/h4-6,9,14-15H,1-3,7-8,10H2. The molecule has 1 rings (SSSR count). The molecule has 0 aliphatic rings. The van der Waals surface area contributed by atoms with Gasteiger partial charge in [0.15, 0.2) is 0 Å². The number of benzene rings is 1. The Kier molecular flexibility index (Phi) is 6.64. The van der Waals surface area contributed by atoms with Gasteiger partial charge in [0.05, 0.1) is 0 Å². The molecule has 2 nitrogen and oxygen atoms in total. The number of aliphatic hydroxyl groups excluding tert-OH is 1. The third kappa shape index (κ3) is 5.92. The molecule has 0 unspecified atom stereocenters. The lowest BCUT2D eigenvalue weighted by Crippen LogP contribution is -2.14. The van der Waals surface area contributed by atoms with Gasteiger partial charge in [0.1, 0.15) is 0 Å². The highest BCUT2D eigenvalue weighted by Gasteiger charge is 1.93. The second-order valence-corrected chi connectivity index (χ2v) is 4.51. The van der Waals surface area contributed by atoms with Crippen LogP contribution < -0.4 is 5.32 Å². The number of hydrogen-bond donors (Lipinski definition) is 2. The highest BCUT2D eigenvalue weighted by Crippen LogP contribution is 2.11. The minimum absolute atomic E-state index is 0.311. The van der Waals surface area contributed by atoms with Crippen LogP contribution >= 0.6 is 15.9 Å². The predicted octanol–water partition coefficient (Wildman–Crippen LogP) is 2.70. The molecule has 1 aromatic rings. The first kappa shape index (κ1) is 12.7. The van der Waals surface area contributed by atoms with E-state index >= 15 is 0 Å². The molecule has 0 heterocycles. The first-order valence-corrected chi connectivity index (χ1v) is 6.18. The summed E-state index contributed by atoms with van der Waals surface area (Å²) < 4.78 is 1.13. The SMILES string of the molecule is OCCCCCNCc1cccc(Br)c1. The Morgan fingerprint density at radius 2 is 2.07 bits per heavy atom. The second kappa shape index (κ2) is 7.85. The maximum absolute atomic E-state index is 8.61. The minimum Gasteiger partial charge on any atom is -0.396 e. The van der Waals surface area contributed by atoms with Gasteiger partial charge in [-0.15, -0.1) is 0 Å². The normalized spacial score (nSPS) is 10.5. The molecule has 0 radical (unpaired) electrons. The van der Waals surface area contributed by atoms with Crippen molar-refractivity contribution in [2.24, 2.45) is 0 Å². The predicted molar refractivity (Wildman–Crippen MR) is 66.8 cm³/mol. The van der Waals surface area contributed by atoms with Crippen molar-refractivity contribution in [3.63, 3.8) is 0 Å². The summed E-state index contributed by atoms with van der Waals surface area (Å²) in [6.45, 7) is 2.25. The van der Waals surface area contributed by atoms with Gasteiger partial charge in [-0.2, -0.15) is 0 Å². The third-order valence-corrected chi connectivity index (χ3v) is 2.72. The molecule has 2 N–H and O–H groups in total.